The summed E-state index contributed by atoms with van der Waals surface area (Å²) in [5.74, 6) is 1.42. The molecule has 0 bridgehead atoms. The lowest BCUT2D eigenvalue weighted by atomic mass is 10.3. The van der Waals surface area contributed by atoms with Crippen molar-refractivity contribution in [3.8, 4) is 17.6 Å². The van der Waals surface area contributed by atoms with E-state index in [0.29, 0.717) is 25.0 Å². The largest absolute Gasteiger partial charge is 0.490 e. The molecule has 96 valence electrons. The van der Waals surface area contributed by atoms with Gasteiger partial charge in [0, 0.05) is 6.04 Å². The van der Waals surface area contributed by atoms with E-state index in [1.165, 1.54) is 0 Å². The first-order valence-corrected chi connectivity index (χ1v) is 6.33. The summed E-state index contributed by atoms with van der Waals surface area (Å²) in [6.45, 7) is 2.88. The zero-order valence-corrected chi connectivity index (χ0v) is 10.6. The molecule has 1 aromatic rings. The van der Waals surface area contributed by atoms with Crippen LogP contribution in [0.3, 0.4) is 0 Å². The third-order valence-corrected chi connectivity index (χ3v) is 2.72. The van der Waals surface area contributed by atoms with Crippen LogP contribution in [0.5, 0.6) is 11.5 Å². The molecule has 18 heavy (non-hydrogen) atoms. The van der Waals surface area contributed by atoms with Gasteiger partial charge in [-0.3, -0.25) is 5.32 Å². The highest BCUT2D eigenvalue weighted by molar-refractivity contribution is 5.39. The molecule has 0 aromatic heterocycles. The van der Waals surface area contributed by atoms with Gasteiger partial charge in [-0.1, -0.05) is 12.1 Å². The molecule has 1 aromatic carbocycles. The van der Waals surface area contributed by atoms with Gasteiger partial charge < -0.3 is 9.47 Å². The van der Waals surface area contributed by atoms with Crippen LogP contribution in [0.2, 0.25) is 0 Å². The van der Waals surface area contributed by atoms with Gasteiger partial charge in [0.15, 0.2) is 11.5 Å². The predicted molar refractivity (Wildman–Crippen MR) is 68.7 cm³/mol. The first-order chi connectivity index (χ1) is 8.83. The Hall–Kier alpha value is -1.73. The molecule has 1 aliphatic carbocycles. The molecule has 0 heterocycles. The summed E-state index contributed by atoms with van der Waals surface area (Å²) in [6, 6.07) is 9.99. The number of hydrogen-bond donors (Lipinski definition) is 1. The Morgan fingerprint density at radius 1 is 1.33 bits per heavy atom. The molecule has 1 aliphatic rings. The fourth-order valence-electron chi connectivity index (χ4n) is 1.67. The number of para-hydroxylation sites is 2. The Bertz CT molecular complexity index is 424. The standard InChI is InChI=1S/C14H18N2O2/c1-2-17-13-5-3-4-6-14(13)18-10-12(9-15)16-11-7-8-11/h3-6,11-12,16H,2,7-8,10H2,1H3. The van der Waals surface area contributed by atoms with Gasteiger partial charge in [0.25, 0.3) is 0 Å². The van der Waals surface area contributed by atoms with E-state index >= 15 is 0 Å². The molecule has 2 rings (SSSR count). The summed E-state index contributed by atoms with van der Waals surface area (Å²) >= 11 is 0. The molecule has 0 amide bonds. The Morgan fingerprint density at radius 3 is 2.56 bits per heavy atom. The van der Waals surface area contributed by atoms with Crippen molar-refractivity contribution < 1.29 is 9.47 Å². The maximum Gasteiger partial charge on any atom is 0.161 e. The maximum atomic E-state index is 9.03. The number of nitrogens with one attached hydrogen (secondary N) is 1. The number of ether oxygens (including phenoxy) is 2. The van der Waals surface area contributed by atoms with Gasteiger partial charge in [-0.05, 0) is 31.9 Å². The van der Waals surface area contributed by atoms with Crippen LogP contribution in [0.1, 0.15) is 19.8 Å². The Balaban J connectivity index is 1.89. The van der Waals surface area contributed by atoms with Crippen molar-refractivity contribution in [2.24, 2.45) is 0 Å². The van der Waals surface area contributed by atoms with Gasteiger partial charge in [-0.25, -0.2) is 0 Å². The monoisotopic (exact) mass is 246 g/mol. The molecule has 0 aliphatic heterocycles. The Kier molecular flexibility index (Phi) is 4.43. The van der Waals surface area contributed by atoms with Crippen LogP contribution in [0.25, 0.3) is 0 Å². The van der Waals surface area contributed by atoms with Gasteiger partial charge in [0.2, 0.25) is 0 Å². The van der Waals surface area contributed by atoms with Crippen LogP contribution in [-0.2, 0) is 0 Å². The van der Waals surface area contributed by atoms with Crippen molar-refractivity contribution in [3.63, 3.8) is 0 Å². The molecular formula is C14H18N2O2. The van der Waals surface area contributed by atoms with Crippen molar-refractivity contribution >= 4 is 0 Å². The van der Waals surface area contributed by atoms with Crippen LogP contribution >= 0.6 is 0 Å². The van der Waals surface area contributed by atoms with Gasteiger partial charge in [-0.2, -0.15) is 5.26 Å². The third kappa shape index (κ3) is 3.64. The summed E-state index contributed by atoms with van der Waals surface area (Å²) in [7, 11) is 0. The molecule has 0 saturated heterocycles. The molecular weight excluding hydrogens is 228 g/mol. The SMILES string of the molecule is CCOc1ccccc1OCC(C#N)NC1CC1. The molecule has 1 saturated carbocycles. The highest BCUT2D eigenvalue weighted by Gasteiger charge is 2.24. The number of nitriles is 1. The van der Waals surface area contributed by atoms with E-state index in [-0.39, 0.29) is 6.04 Å². The van der Waals surface area contributed by atoms with Gasteiger partial charge in [0.1, 0.15) is 12.6 Å². The highest BCUT2D eigenvalue weighted by Crippen LogP contribution is 2.26. The smallest absolute Gasteiger partial charge is 0.161 e. The average Bonchev–Trinajstić information content (AvgIpc) is 3.20. The van der Waals surface area contributed by atoms with E-state index in [1.54, 1.807) is 0 Å². The zero-order chi connectivity index (χ0) is 12.8. The van der Waals surface area contributed by atoms with Crippen molar-refractivity contribution in [2.45, 2.75) is 31.8 Å². The highest BCUT2D eigenvalue weighted by atomic mass is 16.5. The van der Waals surface area contributed by atoms with E-state index in [9.17, 15) is 0 Å². The molecule has 4 heteroatoms. The molecule has 0 radical (unpaired) electrons. The minimum atomic E-state index is -0.257. The van der Waals surface area contributed by atoms with Gasteiger partial charge in [0.05, 0.1) is 12.7 Å². The minimum Gasteiger partial charge on any atom is -0.490 e. The summed E-state index contributed by atoms with van der Waals surface area (Å²) in [6.07, 6.45) is 2.32. The lowest BCUT2D eigenvalue weighted by Gasteiger charge is -2.14. The molecule has 1 fully saturated rings. The van der Waals surface area contributed by atoms with E-state index in [4.69, 9.17) is 14.7 Å². The molecule has 1 atom stereocenters. The minimum absolute atomic E-state index is 0.257. The summed E-state index contributed by atoms with van der Waals surface area (Å²) in [4.78, 5) is 0. The maximum absolute atomic E-state index is 9.03. The first-order valence-electron chi connectivity index (χ1n) is 6.33. The fraction of sp³-hybridized carbons (Fsp3) is 0.500. The second-order valence-electron chi connectivity index (χ2n) is 4.31. The quantitative estimate of drug-likeness (QED) is 0.800. The molecule has 0 spiro atoms. The Labute approximate surface area is 108 Å². The van der Waals surface area contributed by atoms with E-state index < -0.39 is 0 Å². The van der Waals surface area contributed by atoms with Crippen LogP contribution in [0.15, 0.2) is 24.3 Å². The van der Waals surface area contributed by atoms with Gasteiger partial charge >= 0.3 is 0 Å². The van der Waals surface area contributed by atoms with E-state index in [1.807, 2.05) is 31.2 Å². The van der Waals surface area contributed by atoms with Crippen LogP contribution in [-0.4, -0.2) is 25.3 Å². The molecule has 4 nitrogen and oxygen atoms in total. The molecule has 1 unspecified atom stereocenters. The first kappa shape index (κ1) is 12.7. The number of hydrogen-bond acceptors (Lipinski definition) is 4. The summed E-state index contributed by atoms with van der Waals surface area (Å²) in [5, 5.41) is 12.3. The van der Waals surface area contributed by atoms with Crippen LogP contribution < -0.4 is 14.8 Å². The third-order valence-electron chi connectivity index (χ3n) is 2.72. The summed E-state index contributed by atoms with van der Waals surface area (Å²) < 4.78 is 11.1. The van der Waals surface area contributed by atoms with Crippen molar-refractivity contribution in [1.82, 2.24) is 5.32 Å². The normalized spacial score (nSPS) is 15.8. The van der Waals surface area contributed by atoms with Crippen molar-refractivity contribution in [2.75, 3.05) is 13.2 Å². The van der Waals surface area contributed by atoms with Crippen LogP contribution in [0, 0.1) is 11.3 Å². The van der Waals surface area contributed by atoms with Crippen molar-refractivity contribution in [3.05, 3.63) is 24.3 Å². The topological polar surface area (TPSA) is 54.3 Å². The number of rotatable bonds is 7. The number of nitrogens with zero attached hydrogens (tertiary/aromatic N) is 1. The second kappa shape index (κ2) is 6.27. The fourth-order valence-corrected chi connectivity index (χ4v) is 1.67. The Morgan fingerprint density at radius 2 is 2.00 bits per heavy atom. The molecule has 1 N–H and O–H groups in total. The number of benzene rings is 1. The van der Waals surface area contributed by atoms with E-state index in [0.717, 1.165) is 18.6 Å². The van der Waals surface area contributed by atoms with Crippen molar-refractivity contribution in [1.29, 1.82) is 5.26 Å². The lowest BCUT2D eigenvalue weighted by Crippen LogP contribution is -2.34. The van der Waals surface area contributed by atoms with E-state index in [2.05, 4.69) is 11.4 Å². The average molecular weight is 246 g/mol. The van der Waals surface area contributed by atoms with Crippen LogP contribution in [0.4, 0.5) is 0 Å². The van der Waals surface area contributed by atoms with Gasteiger partial charge in [-0.15, -0.1) is 0 Å². The zero-order valence-electron chi connectivity index (χ0n) is 10.6. The lowest BCUT2D eigenvalue weighted by molar-refractivity contribution is 0.260. The predicted octanol–water partition coefficient (Wildman–Crippen LogP) is 2.11. The summed E-state index contributed by atoms with van der Waals surface area (Å²) in [5.41, 5.74) is 0. The second-order valence-corrected chi connectivity index (χ2v) is 4.31.